The summed E-state index contributed by atoms with van der Waals surface area (Å²) in [7, 11) is 0. The number of nitrogens with one attached hydrogen (secondary N) is 1. The maximum absolute atomic E-state index is 4.22. The normalized spacial score (nSPS) is 18.1. The van der Waals surface area contributed by atoms with Crippen LogP contribution >= 0.6 is 0 Å². The van der Waals surface area contributed by atoms with E-state index in [-0.39, 0.29) is 0 Å². The van der Waals surface area contributed by atoms with Crippen LogP contribution in [0.1, 0.15) is 51.0 Å². The second-order valence-electron chi connectivity index (χ2n) is 5.60. The van der Waals surface area contributed by atoms with Crippen molar-refractivity contribution in [1.29, 1.82) is 0 Å². The molecule has 0 spiro atoms. The molecule has 2 heteroatoms. The summed E-state index contributed by atoms with van der Waals surface area (Å²) in [5.41, 5.74) is 1.36. The Morgan fingerprint density at radius 1 is 1.39 bits per heavy atom. The zero-order valence-corrected chi connectivity index (χ0v) is 11.6. The zero-order chi connectivity index (χ0) is 12.6. The van der Waals surface area contributed by atoms with Gasteiger partial charge >= 0.3 is 0 Å². The van der Waals surface area contributed by atoms with E-state index in [4.69, 9.17) is 0 Å². The van der Waals surface area contributed by atoms with Crippen LogP contribution in [-0.4, -0.2) is 17.6 Å². The molecule has 18 heavy (non-hydrogen) atoms. The first-order chi connectivity index (χ1) is 8.88. The van der Waals surface area contributed by atoms with Gasteiger partial charge in [0.25, 0.3) is 0 Å². The highest BCUT2D eigenvalue weighted by Gasteiger charge is 2.20. The Morgan fingerprint density at radius 2 is 2.22 bits per heavy atom. The van der Waals surface area contributed by atoms with Crippen molar-refractivity contribution in [2.24, 2.45) is 5.92 Å². The average Bonchev–Trinajstić information content (AvgIpc) is 2.90. The maximum atomic E-state index is 4.22. The van der Waals surface area contributed by atoms with E-state index in [0.717, 1.165) is 18.9 Å². The Balaban J connectivity index is 1.87. The highest BCUT2D eigenvalue weighted by molar-refractivity contribution is 5.10. The van der Waals surface area contributed by atoms with Crippen molar-refractivity contribution in [3.8, 4) is 0 Å². The van der Waals surface area contributed by atoms with E-state index in [9.17, 15) is 0 Å². The molecule has 1 aromatic heterocycles. The fourth-order valence-electron chi connectivity index (χ4n) is 3.04. The minimum Gasteiger partial charge on any atom is -0.314 e. The molecule has 0 amide bonds. The summed E-state index contributed by atoms with van der Waals surface area (Å²) in [6.07, 6.45) is 13.3. The highest BCUT2D eigenvalue weighted by Crippen LogP contribution is 2.29. The lowest BCUT2D eigenvalue weighted by atomic mass is 9.94. The van der Waals surface area contributed by atoms with Gasteiger partial charge in [-0.3, -0.25) is 4.98 Å². The minimum absolute atomic E-state index is 0.636. The molecule has 2 rings (SSSR count). The average molecular weight is 246 g/mol. The number of nitrogens with zero attached hydrogens (tertiary/aromatic N) is 1. The van der Waals surface area contributed by atoms with Gasteiger partial charge in [0.15, 0.2) is 0 Å². The standard InChI is InChI=1S/C16H26N2/c1-2-9-18-16(11-14-6-3-4-7-14)12-15-8-5-10-17-13-15/h5,8,10,13-14,16,18H,2-4,6-7,9,11-12H2,1H3. The molecular formula is C16H26N2. The Bertz CT molecular complexity index is 317. The molecule has 1 aliphatic carbocycles. The molecule has 2 nitrogen and oxygen atoms in total. The molecule has 1 atom stereocenters. The van der Waals surface area contributed by atoms with Crippen LogP contribution in [0.15, 0.2) is 24.5 Å². The summed E-state index contributed by atoms with van der Waals surface area (Å²) in [6.45, 7) is 3.38. The van der Waals surface area contributed by atoms with Crippen LogP contribution < -0.4 is 5.32 Å². The van der Waals surface area contributed by atoms with Gasteiger partial charge in [-0.15, -0.1) is 0 Å². The molecule has 1 N–H and O–H groups in total. The summed E-state index contributed by atoms with van der Waals surface area (Å²) in [5, 5.41) is 3.72. The molecule has 1 aliphatic rings. The smallest absolute Gasteiger partial charge is 0.0300 e. The quantitative estimate of drug-likeness (QED) is 0.795. The van der Waals surface area contributed by atoms with Crippen LogP contribution in [0.25, 0.3) is 0 Å². The number of rotatable bonds is 7. The molecule has 1 fully saturated rings. The molecule has 0 saturated heterocycles. The molecular weight excluding hydrogens is 220 g/mol. The van der Waals surface area contributed by atoms with Crippen molar-refractivity contribution >= 4 is 0 Å². The maximum Gasteiger partial charge on any atom is 0.0300 e. The van der Waals surface area contributed by atoms with Crippen LogP contribution in [0.5, 0.6) is 0 Å². The van der Waals surface area contributed by atoms with Crippen LogP contribution in [0.4, 0.5) is 0 Å². The summed E-state index contributed by atoms with van der Waals surface area (Å²) in [4.78, 5) is 4.22. The Kier molecular flexibility index (Phi) is 5.66. The second kappa shape index (κ2) is 7.52. The first-order valence-electron chi connectivity index (χ1n) is 7.50. The van der Waals surface area contributed by atoms with Gasteiger partial charge in [0.1, 0.15) is 0 Å². The Hall–Kier alpha value is -0.890. The fraction of sp³-hybridized carbons (Fsp3) is 0.688. The van der Waals surface area contributed by atoms with E-state index in [0.29, 0.717) is 6.04 Å². The molecule has 0 aromatic carbocycles. The predicted molar refractivity (Wildman–Crippen MR) is 76.6 cm³/mol. The van der Waals surface area contributed by atoms with Gasteiger partial charge in [0.2, 0.25) is 0 Å². The van der Waals surface area contributed by atoms with E-state index < -0.39 is 0 Å². The summed E-state index contributed by atoms with van der Waals surface area (Å²) < 4.78 is 0. The minimum atomic E-state index is 0.636. The van der Waals surface area contributed by atoms with Crippen molar-refractivity contribution in [3.05, 3.63) is 30.1 Å². The topological polar surface area (TPSA) is 24.9 Å². The first-order valence-corrected chi connectivity index (χ1v) is 7.50. The van der Waals surface area contributed by atoms with Gasteiger partial charge in [0, 0.05) is 18.4 Å². The third kappa shape index (κ3) is 4.41. The van der Waals surface area contributed by atoms with Crippen molar-refractivity contribution < 1.29 is 0 Å². The van der Waals surface area contributed by atoms with E-state index in [1.165, 1.54) is 44.1 Å². The first kappa shape index (κ1) is 13.5. The number of pyridine rings is 1. The molecule has 0 bridgehead atoms. The third-order valence-electron chi connectivity index (χ3n) is 3.98. The molecule has 0 radical (unpaired) electrons. The largest absolute Gasteiger partial charge is 0.314 e. The summed E-state index contributed by atoms with van der Waals surface area (Å²) >= 11 is 0. The number of hydrogen-bond acceptors (Lipinski definition) is 2. The van der Waals surface area contributed by atoms with Gasteiger partial charge in [-0.25, -0.2) is 0 Å². The molecule has 1 saturated carbocycles. The van der Waals surface area contributed by atoms with Gasteiger partial charge in [0.05, 0.1) is 0 Å². The SMILES string of the molecule is CCCNC(Cc1cccnc1)CC1CCCC1. The van der Waals surface area contributed by atoms with Crippen molar-refractivity contribution in [1.82, 2.24) is 10.3 Å². The molecule has 1 heterocycles. The molecule has 100 valence electrons. The number of aromatic nitrogens is 1. The lowest BCUT2D eigenvalue weighted by molar-refractivity contribution is 0.384. The molecule has 1 unspecified atom stereocenters. The van der Waals surface area contributed by atoms with Crippen LogP contribution in [-0.2, 0) is 6.42 Å². The van der Waals surface area contributed by atoms with Gasteiger partial charge in [-0.1, -0.05) is 38.7 Å². The molecule has 1 aromatic rings. The lowest BCUT2D eigenvalue weighted by Crippen LogP contribution is -2.33. The zero-order valence-electron chi connectivity index (χ0n) is 11.6. The summed E-state index contributed by atoms with van der Waals surface area (Å²) in [5.74, 6) is 0.955. The van der Waals surface area contributed by atoms with Gasteiger partial charge < -0.3 is 5.32 Å². The summed E-state index contributed by atoms with van der Waals surface area (Å²) in [6, 6.07) is 4.88. The third-order valence-corrected chi connectivity index (χ3v) is 3.98. The molecule has 0 aliphatic heterocycles. The van der Waals surface area contributed by atoms with E-state index in [1.807, 2.05) is 18.5 Å². The van der Waals surface area contributed by atoms with Gasteiger partial charge in [-0.05, 0) is 43.4 Å². The van der Waals surface area contributed by atoms with Crippen LogP contribution in [0, 0.1) is 5.92 Å². The van der Waals surface area contributed by atoms with Crippen molar-refractivity contribution in [2.75, 3.05) is 6.54 Å². The Labute approximate surface area is 111 Å². The van der Waals surface area contributed by atoms with E-state index >= 15 is 0 Å². The van der Waals surface area contributed by atoms with Crippen molar-refractivity contribution in [2.45, 2.75) is 57.9 Å². The Morgan fingerprint density at radius 3 is 2.89 bits per heavy atom. The highest BCUT2D eigenvalue weighted by atomic mass is 14.9. The van der Waals surface area contributed by atoms with E-state index in [1.54, 1.807) is 0 Å². The predicted octanol–water partition coefficient (Wildman–Crippen LogP) is 3.57. The van der Waals surface area contributed by atoms with E-state index in [2.05, 4.69) is 23.3 Å². The van der Waals surface area contributed by atoms with Gasteiger partial charge in [-0.2, -0.15) is 0 Å². The fourth-order valence-corrected chi connectivity index (χ4v) is 3.04. The van der Waals surface area contributed by atoms with Crippen LogP contribution in [0.2, 0.25) is 0 Å². The second-order valence-corrected chi connectivity index (χ2v) is 5.60. The number of hydrogen-bond donors (Lipinski definition) is 1. The van der Waals surface area contributed by atoms with Crippen molar-refractivity contribution in [3.63, 3.8) is 0 Å². The lowest BCUT2D eigenvalue weighted by Gasteiger charge is -2.22. The monoisotopic (exact) mass is 246 g/mol. The van der Waals surface area contributed by atoms with Crippen LogP contribution in [0.3, 0.4) is 0 Å².